The summed E-state index contributed by atoms with van der Waals surface area (Å²) in [6.07, 6.45) is -1.16. The summed E-state index contributed by atoms with van der Waals surface area (Å²) in [6.45, 7) is 5.43. The van der Waals surface area contributed by atoms with Crippen LogP contribution in [0.2, 0.25) is 5.02 Å². The second kappa shape index (κ2) is 9.35. The summed E-state index contributed by atoms with van der Waals surface area (Å²) in [6, 6.07) is 9.24. The number of carbonyl (C=O) groups excluding carboxylic acids is 3. The van der Waals surface area contributed by atoms with Crippen molar-refractivity contribution >= 4 is 46.4 Å². The van der Waals surface area contributed by atoms with Crippen LogP contribution in [0.1, 0.15) is 24.5 Å². The third kappa shape index (κ3) is 4.88. The molecule has 2 aromatic carbocycles. The number of nitro groups is 1. The highest BCUT2D eigenvalue weighted by atomic mass is 35.5. The van der Waals surface area contributed by atoms with Gasteiger partial charge < -0.3 is 15.0 Å². The third-order valence-corrected chi connectivity index (χ3v) is 5.72. The van der Waals surface area contributed by atoms with Gasteiger partial charge in [-0.15, -0.1) is 0 Å². The van der Waals surface area contributed by atoms with Crippen LogP contribution in [-0.2, 0) is 19.1 Å². The molecule has 0 unspecified atom stereocenters. The fraction of sp³-hybridized carbons (Fsp3) is 0.318. The van der Waals surface area contributed by atoms with Gasteiger partial charge in [-0.1, -0.05) is 23.7 Å². The maximum absolute atomic E-state index is 12.6. The van der Waals surface area contributed by atoms with Crippen molar-refractivity contribution in [3.8, 4) is 0 Å². The van der Waals surface area contributed by atoms with E-state index in [1.165, 1.54) is 19.1 Å². The molecule has 1 N–H and O–H groups in total. The Kier molecular flexibility index (Phi) is 6.78. The number of benzene rings is 2. The van der Waals surface area contributed by atoms with Crippen LogP contribution in [0.15, 0.2) is 36.4 Å². The quantitative estimate of drug-likeness (QED) is 0.398. The van der Waals surface area contributed by atoms with Crippen molar-refractivity contribution in [2.75, 3.05) is 16.8 Å². The number of carbonyl (C=O) groups is 3. The highest BCUT2D eigenvalue weighted by Gasteiger charge is 2.38. The lowest BCUT2D eigenvalue weighted by Gasteiger charge is -2.20. The number of ether oxygens (including phenoxy) is 1. The smallest absolute Gasteiger partial charge is 0.312 e. The van der Waals surface area contributed by atoms with E-state index < -0.39 is 28.8 Å². The van der Waals surface area contributed by atoms with Gasteiger partial charge in [0.1, 0.15) is 0 Å². The largest absolute Gasteiger partial charge is 0.452 e. The lowest BCUT2D eigenvalue weighted by molar-refractivity contribution is -0.384. The topological polar surface area (TPSA) is 119 Å². The van der Waals surface area contributed by atoms with E-state index in [1.807, 2.05) is 32.0 Å². The standard InChI is InChI=1S/C22H22ClN3O6/c1-12-5-4-6-19(13(12)2)25-11-15(9-20(25)27)22(29)32-14(3)21(28)24-18-8-7-16(26(30)31)10-17(18)23/h4-8,10,14-15H,9,11H2,1-3H3,(H,24,28)/t14-,15-/m0/s1. The van der Waals surface area contributed by atoms with Crippen LogP contribution in [0.5, 0.6) is 0 Å². The summed E-state index contributed by atoms with van der Waals surface area (Å²) in [7, 11) is 0. The highest BCUT2D eigenvalue weighted by Crippen LogP contribution is 2.30. The number of nitrogens with one attached hydrogen (secondary N) is 1. The van der Waals surface area contributed by atoms with E-state index in [1.54, 1.807) is 4.90 Å². The summed E-state index contributed by atoms with van der Waals surface area (Å²) in [5.41, 5.74) is 2.69. The second-order valence-electron chi connectivity index (χ2n) is 7.61. The SMILES string of the molecule is Cc1cccc(N2C[C@@H](C(=O)O[C@@H](C)C(=O)Nc3ccc([N+](=O)[O-])cc3Cl)CC2=O)c1C. The van der Waals surface area contributed by atoms with Crippen LogP contribution in [0.25, 0.3) is 0 Å². The number of amides is 2. The molecule has 32 heavy (non-hydrogen) atoms. The molecule has 3 rings (SSSR count). The van der Waals surface area contributed by atoms with Gasteiger partial charge in [0, 0.05) is 30.8 Å². The molecule has 0 aliphatic carbocycles. The zero-order chi connectivity index (χ0) is 23.6. The van der Waals surface area contributed by atoms with E-state index in [0.717, 1.165) is 22.9 Å². The van der Waals surface area contributed by atoms with E-state index in [4.69, 9.17) is 16.3 Å². The molecule has 1 saturated heterocycles. The maximum Gasteiger partial charge on any atom is 0.312 e. The zero-order valence-corrected chi connectivity index (χ0v) is 18.5. The highest BCUT2D eigenvalue weighted by molar-refractivity contribution is 6.34. The van der Waals surface area contributed by atoms with Crippen molar-refractivity contribution in [2.24, 2.45) is 5.92 Å². The van der Waals surface area contributed by atoms with Gasteiger partial charge in [-0.3, -0.25) is 24.5 Å². The molecule has 2 atom stereocenters. The Hall–Kier alpha value is -3.46. The van der Waals surface area contributed by atoms with Gasteiger partial charge >= 0.3 is 5.97 Å². The molecule has 1 aliphatic heterocycles. The first kappa shape index (κ1) is 23.2. The number of anilines is 2. The van der Waals surface area contributed by atoms with Crippen molar-refractivity contribution in [2.45, 2.75) is 33.3 Å². The molecule has 168 valence electrons. The molecular formula is C22H22ClN3O6. The molecule has 0 radical (unpaired) electrons. The molecule has 1 aliphatic rings. The fourth-order valence-electron chi connectivity index (χ4n) is 3.40. The molecular weight excluding hydrogens is 438 g/mol. The molecule has 2 amide bonds. The first-order valence-electron chi connectivity index (χ1n) is 9.90. The Morgan fingerprint density at radius 3 is 2.66 bits per heavy atom. The van der Waals surface area contributed by atoms with Crippen molar-refractivity contribution in [1.82, 2.24) is 0 Å². The monoisotopic (exact) mass is 459 g/mol. The van der Waals surface area contributed by atoms with Gasteiger partial charge in [-0.05, 0) is 44.0 Å². The number of nitro benzene ring substituents is 1. The summed E-state index contributed by atoms with van der Waals surface area (Å²) >= 11 is 5.98. The molecule has 0 saturated carbocycles. The minimum Gasteiger partial charge on any atom is -0.452 e. The third-order valence-electron chi connectivity index (χ3n) is 5.41. The summed E-state index contributed by atoms with van der Waals surface area (Å²) < 4.78 is 5.28. The first-order chi connectivity index (χ1) is 15.1. The zero-order valence-electron chi connectivity index (χ0n) is 17.8. The van der Waals surface area contributed by atoms with Crippen molar-refractivity contribution < 1.29 is 24.0 Å². The van der Waals surface area contributed by atoms with Crippen molar-refractivity contribution in [3.63, 3.8) is 0 Å². The van der Waals surface area contributed by atoms with Gasteiger partial charge in [0.2, 0.25) is 5.91 Å². The van der Waals surface area contributed by atoms with Gasteiger partial charge in [-0.25, -0.2) is 0 Å². The Morgan fingerprint density at radius 2 is 2.00 bits per heavy atom. The van der Waals surface area contributed by atoms with Crippen LogP contribution in [0.3, 0.4) is 0 Å². The number of aryl methyl sites for hydroxylation is 1. The predicted octanol–water partition coefficient (Wildman–Crippen LogP) is 3.79. The van der Waals surface area contributed by atoms with E-state index in [2.05, 4.69) is 5.32 Å². The molecule has 10 heteroatoms. The first-order valence-corrected chi connectivity index (χ1v) is 10.3. The van der Waals surface area contributed by atoms with Gasteiger partial charge in [-0.2, -0.15) is 0 Å². The number of rotatable bonds is 6. The molecule has 0 spiro atoms. The van der Waals surface area contributed by atoms with E-state index in [-0.39, 0.29) is 35.3 Å². The molecule has 1 heterocycles. The number of halogens is 1. The number of non-ortho nitro benzene ring substituents is 1. The lowest BCUT2D eigenvalue weighted by Crippen LogP contribution is -2.33. The van der Waals surface area contributed by atoms with Crippen LogP contribution >= 0.6 is 11.6 Å². The van der Waals surface area contributed by atoms with Gasteiger partial charge in [0.25, 0.3) is 11.6 Å². The van der Waals surface area contributed by atoms with Crippen molar-refractivity contribution in [1.29, 1.82) is 0 Å². The molecule has 1 fully saturated rings. The predicted molar refractivity (Wildman–Crippen MR) is 119 cm³/mol. The van der Waals surface area contributed by atoms with E-state index in [9.17, 15) is 24.5 Å². The number of esters is 1. The van der Waals surface area contributed by atoms with Gasteiger partial charge in [0.15, 0.2) is 6.10 Å². The van der Waals surface area contributed by atoms with Crippen LogP contribution in [0.4, 0.5) is 17.1 Å². The molecule has 0 bridgehead atoms. The van der Waals surface area contributed by atoms with Crippen molar-refractivity contribution in [3.05, 3.63) is 62.7 Å². The Bertz CT molecular complexity index is 1100. The summed E-state index contributed by atoms with van der Waals surface area (Å²) in [5, 5.41) is 13.3. The summed E-state index contributed by atoms with van der Waals surface area (Å²) in [5.74, 6) is -2.18. The maximum atomic E-state index is 12.6. The molecule has 0 aromatic heterocycles. The lowest BCUT2D eigenvalue weighted by atomic mass is 10.1. The molecule has 2 aromatic rings. The Morgan fingerprint density at radius 1 is 1.28 bits per heavy atom. The minimum atomic E-state index is -1.15. The number of nitrogens with zero attached hydrogens (tertiary/aromatic N) is 2. The number of hydrogen-bond donors (Lipinski definition) is 1. The normalized spacial score (nSPS) is 16.6. The van der Waals surface area contributed by atoms with E-state index in [0.29, 0.717) is 0 Å². The average molecular weight is 460 g/mol. The van der Waals surface area contributed by atoms with E-state index >= 15 is 0 Å². The molecule has 9 nitrogen and oxygen atoms in total. The average Bonchev–Trinajstić information content (AvgIpc) is 3.12. The number of hydrogen-bond acceptors (Lipinski definition) is 6. The Balaban J connectivity index is 1.62. The fourth-order valence-corrected chi connectivity index (χ4v) is 3.63. The van der Waals surface area contributed by atoms with Crippen LogP contribution in [-0.4, -0.2) is 35.4 Å². The Labute approximate surface area is 189 Å². The van der Waals surface area contributed by atoms with Crippen LogP contribution < -0.4 is 10.2 Å². The second-order valence-corrected chi connectivity index (χ2v) is 8.02. The summed E-state index contributed by atoms with van der Waals surface area (Å²) in [4.78, 5) is 49.3. The minimum absolute atomic E-state index is 0.00522. The van der Waals surface area contributed by atoms with Crippen LogP contribution in [0, 0.1) is 29.9 Å². The van der Waals surface area contributed by atoms with Gasteiger partial charge in [0.05, 0.1) is 21.6 Å².